The number of phosphoric acid groups is 1. The number of hydrogen-bond acceptors (Lipinski definition) is 16. The number of phosphoric ester groups is 1. The summed E-state index contributed by atoms with van der Waals surface area (Å²) in [5.74, 6) is -2.75. The number of allylic oxidation sites excluding steroid dienone is 9. The molecule has 1 saturated carbocycles. The van der Waals surface area contributed by atoms with Crippen LogP contribution in [0.4, 0.5) is 0 Å². The zero-order valence-corrected chi connectivity index (χ0v) is 44.1. The Hall–Kier alpha value is -2.71. The maximum Gasteiger partial charge on any atom is 0.472 e. The minimum absolute atomic E-state index is 0.0579. The van der Waals surface area contributed by atoms with Gasteiger partial charge in [-0.05, 0) is 64.2 Å². The van der Waals surface area contributed by atoms with Crippen LogP contribution in [0.3, 0.4) is 0 Å². The summed E-state index contributed by atoms with van der Waals surface area (Å²) in [5.41, 5.74) is 6.22. The molecule has 0 aliphatic heterocycles. The first-order valence-corrected chi connectivity index (χ1v) is 28.6. The average molecular weight is 1050 g/mol. The van der Waals surface area contributed by atoms with E-state index in [-0.39, 0.29) is 31.4 Å². The van der Waals surface area contributed by atoms with Crippen LogP contribution < -0.4 is 5.73 Å². The van der Waals surface area contributed by atoms with Gasteiger partial charge in [0.2, 0.25) is 0 Å². The maximum absolute atomic E-state index is 13.3. The maximum atomic E-state index is 13.3. The zero-order chi connectivity index (χ0) is 52.7. The first-order valence-electron chi connectivity index (χ1n) is 26.0. The number of carboxylic acid groups (broad SMARTS) is 1. The number of aliphatic carboxylic acids is 1. The van der Waals surface area contributed by atoms with E-state index in [1.54, 1.807) is 18.2 Å². The highest BCUT2D eigenvalue weighted by Crippen LogP contribution is 2.47. The number of carbonyl (C=O) groups is 3. The number of hydrogen-bond donors (Lipinski definition) is 9. The fraction of sp³-hybridized carbons (Fsp3) is 0.750. The number of ether oxygens (including phenoxy) is 2. The molecule has 0 aromatic carbocycles. The van der Waals surface area contributed by atoms with Crippen LogP contribution in [0.15, 0.2) is 60.8 Å². The SMILES string of the molecule is CCCCC/C=C\C\C=C/C=C/C=C/[C@@H](SC[C@H](N)C(=O)O[C@H](COC(=O)CCCCCCCCC/C=C\CCCCCCCC)COP(=O)(O)OC1[C@H](O)[C@H](O)C(O)[C@H](O)[C@H]1O)[C@@H](O)CCCC(=O)O. The van der Waals surface area contributed by atoms with Gasteiger partial charge in [0, 0.05) is 23.8 Å². The van der Waals surface area contributed by atoms with Crippen LogP contribution in [0.25, 0.3) is 0 Å². The minimum Gasteiger partial charge on any atom is -0.481 e. The summed E-state index contributed by atoms with van der Waals surface area (Å²) in [6.45, 7) is 2.85. The summed E-state index contributed by atoms with van der Waals surface area (Å²) in [6, 6.07) is -1.33. The Balaban J connectivity index is 2.85. The van der Waals surface area contributed by atoms with Crippen LogP contribution in [0, 0.1) is 0 Å². The zero-order valence-electron chi connectivity index (χ0n) is 42.4. The van der Waals surface area contributed by atoms with Gasteiger partial charge in [-0.2, -0.15) is 0 Å². The molecule has 410 valence electrons. The van der Waals surface area contributed by atoms with Gasteiger partial charge in [0.15, 0.2) is 6.10 Å². The van der Waals surface area contributed by atoms with E-state index >= 15 is 0 Å². The molecule has 1 rings (SSSR count). The molecule has 0 heterocycles. The molecule has 17 nitrogen and oxygen atoms in total. The summed E-state index contributed by atoms with van der Waals surface area (Å²) in [4.78, 5) is 47.7. The highest BCUT2D eigenvalue weighted by Gasteiger charge is 2.51. The number of esters is 2. The highest BCUT2D eigenvalue weighted by atomic mass is 32.2. The van der Waals surface area contributed by atoms with Gasteiger partial charge in [-0.1, -0.05) is 152 Å². The molecule has 1 fully saturated rings. The lowest BCUT2D eigenvalue weighted by Gasteiger charge is -2.41. The molecule has 11 atom stereocenters. The quantitative estimate of drug-likeness (QED) is 0.00924. The van der Waals surface area contributed by atoms with E-state index in [4.69, 9.17) is 29.4 Å². The van der Waals surface area contributed by atoms with E-state index in [1.807, 2.05) is 18.2 Å². The van der Waals surface area contributed by atoms with Crippen molar-refractivity contribution in [2.75, 3.05) is 19.0 Å². The van der Waals surface area contributed by atoms with Gasteiger partial charge in [0.05, 0.1) is 12.7 Å². The standard InChI is InChI=1S/C52H90NO16PS/c1-3-5-7-9-11-13-15-17-18-19-20-21-23-25-27-29-31-36-45(57)66-37-40(38-67-70(64,65)69-51-49(61)47(59)46(58)48(60)50(51)62)68-52(63)41(53)39-71-43(42(54)33-32-35-44(55)56)34-30-28-26-24-22-16-14-12-10-8-6-4-2/h12,14,17-18,22,24,26,28,30,34,40-43,46-51,54,58-62H,3-11,13,15-16,19-21,23,25,27,29,31-33,35-39,53H2,1-2H3,(H,55,56)(H,64,65)/b14-12-,18-17-,24-22-,28-26+,34-30+/t40-,41+,42+,43-,46?,47-,48+,49-,50-,51?/m1/s1. The highest BCUT2D eigenvalue weighted by molar-refractivity contribution is 8.00. The average Bonchev–Trinajstić information content (AvgIpc) is 3.34. The van der Waals surface area contributed by atoms with Crippen LogP contribution in [0.5, 0.6) is 0 Å². The molecular formula is C52H90NO16PS. The fourth-order valence-corrected chi connectivity index (χ4v) is 9.57. The summed E-state index contributed by atoms with van der Waals surface area (Å²) >= 11 is 1.11. The number of rotatable bonds is 43. The molecule has 0 amide bonds. The monoisotopic (exact) mass is 1050 g/mol. The number of thioether (sulfide) groups is 1. The van der Waals surface area contributed by atoms with E-state index in [1.165, 1.54) is 57.8 Å². The summed E-state index contributed by atoms with van der Waals surface area (Å²) < 4.78 is 33.8. The third-order valence-electron chi connectivity index (χ3n) is 11.8. The van der Waals surface area contributed by atoms with Crippen molar-refractivity contribution in [1.29, 1.82) is 0 Å². The molecule has 3 unspecified atom stereocenters. The molecule has 0 spiro atoms. The van der Waals surface area contributed by atoms with Gasteiger partial charge in [0.25, 0.3) is 0 Å². The number of carboxylic acids is 1. The van der Waals surface area contributed by atoms with E-state index < -0.39 is 99.1 Å². The number of nitrogens with two attached hydrogens (primary N) is 1. The van der Waals surface area contributed by atoms with Crippen molar-refractivity contribution >= 4 is 37.5 Å². The Bertz CT molecular complexity index is 1600. The third-order valence-corrected chi connectivity index (χ3v) is 14.2. The summed E-state index contributed by atoms with van der Waals surface area (Å²) in [5, 5.41) is 70.0. The van der Waals surface area contributed by atoms with Crippen molar-refractivity contribution in [2.24, 2.45) is 5.73 Å². The van der Waals surface area contributed by atoms with E-state index in [9.17, 15) is 54.5 Å². The second-order valence-electron chi connectivity index (χ2n) is 18.2. The fourth-order valence-electron chi connectivity index (χ4n) is 7.47. The van der Waals surface area contributed by atoms with Crippen LogP contribution in [-0.4, -0.2) is 138 Å². The summed E-state index contributed by atoms with van der Waals surface area (Å²) in [6.07, 6.45) is 27.2. The van der Waals surface area contributed by atoms with Crippen LogP contribution in [-0.2, 0) is 37.5 Å². The number of aliphatic hydroxyl groups is 6. The third kappa shape index (κ3) is 33.0. The van der Waals surface area contributed by atoms with Gasteiger partial charge < -0.3 is 55.8 Å². The topological polar surface area (TPSA) is 293 Å². The van der Waals surface area contributed by atoms with E-state index in [0.29, 0.717) is 6.42 Å². The lowest BCUT2D eigenvalue weighted by Crippen LogP contribution is -2.64. The van der Waals surface area contributed by atoms with Crippen molar-refractivity contribution in [3.05, 3.63) is 60.8 Å². The lowest BCUT2D eigenvalue weighted by atomic mass is 9.85. The normalized spacial score (nSPS) is 22.4. The molecule has 1 aliphatic carbocycles. The molecule has 10 N–H and O–H groups in total. The van der Waals surface area contributed by atoms with Crippen molar-refractivity contribution in [3.8, 4) is 0 Å². The Kier molecular flexibility index (Phi) is 38.9. The van der Waals surface area contributed by atoms with Crippen LogP contribution >= 0.6 is 19.6 Å². The van der Waals surface area contributed by atoms with Gasteiger partial charge >= 0.3 is 25.7 Å². The predicted octanol–water partition coefficient (Wildman–Crippen LogP) is 7.82. The molecular weight excluding hydrogens is 958 g/mol. The first-order chi connectivity index (χ1) is 34.0. The second kappa shape index (κ2) is 41.6. The van der Waals surface area contributed by atoms with Gasteiger partial charge in [-0.15, -0.1) is 11.8 Å². The molecule has 1 aliphatic rings. The Morgan fingerprint density at radius 2 is 1.17 bits per heavy atom. The number of unbranched alkanes of at least 4 members (excludes halogenated alkanes) is 16. The Morgan fingerprint density at radius 1 is 0.648 bits per heavy atom. The van der Waals surface area contributed by atoms with Crippen LogP contribution in [0.2, 0.25) is 0 Å². The van der Waals surface area contributed by atoms with E-state index in [0.717, 1.165) is 76.0 Å². The predicted molar refractivity (Wildman–Crippen MR) is 277 cm³/mol. The van der Waals surface area contributed by atoms with Gasteiger partial charge in [-0.3, -0.25) is 23.4 Å². The van der Waals surface area contributed by atoms with Gasteiger partial charge in [-0.25, -0.2) is 4.57 Å². The molecule has 71 heavy (non-hydrogen) atoms. The van der Waals surface area contributed by atoms with Crippen molar-refractivity contribution in [1.82, 2.24) is 0 Å². The molecule has 0 aromatic rings. The molecule has 0 bridgehead atoms. The smallest absolute Gasteiger partial charge is 0.472 e. The molecule has 19 heteroatoms. The lowest BCUT2D eigenvalue weighted by molar-refractivity contribution is -0.220. The molecule has 0 radical (unpaired) electrons. The Labute approximate surface area is 427 Å². The summed E-state index contributed by atoms with van der Waals surface area (Å²) in [7, 11) is -5.29. The molecule has 0 saturated heterocycles. The molecule has 0 aromatic heterocycles. The van der Waals surface area contributed by atoms with Crippen molar-refractivity contribution in [3.63, 3.8) is 0 Å². The Morgan fingerprint density at radius 3 is 1.77 bits per heavy atom. The first kappa shape index (κ1) is 66.3. The minimum atomic E-state index is -5.29. The second-order valence-corrected chi connectivity index (χ2v) is 20.8. The van der Waals surface area contributed by atoms with Crippen molar-refractivity contribution < 1.29 is 78.1 Å². The number of carbonyl (C=O) groups excluding carboxylic acids is 2. The largest absolute Gasteiger partial charge is 0.481 e. The van der Waals surface area contributed by atoms with Crippen LogP contribution in [0.1, 0.15) is 168 Å². The van der Waals surface area contributed by atoms with E-state index in [2.05, 4.69) is 38.2 Å². The van der Waals surface area contributed by atoms with Gasteiger partial charge in [0.1, 0.15) is 49.3 Å². The van der Waals surface area contributed by atoms with Crippen molar-refractivity contribution in [2.45, 2.75) is 228 Å². The number of aliphatic hydroxyl groups excluding tert-OH is 6.